The van der Waals surface area contributed by atoms with Crippen LogP contribution in [0.2, 0.25) is 5.02 Å². The molecule has 3 N–H and O–H groups in total. The Hall–Kier alpha value is -5.68. The number of hydrogen-bond donors (Lipinski definition) is 3. The Morgan fingerprint density at radius 2 is 1.77 bits per heavy atom. The summed E-state index contributed by atoms with van der Waals surface area (Å²) < 4.78 is 41.7. The minimum Gasteiger partial charge on any atom is -0.474 e. The predicted molar refractivity (Wildman–Crippen MR) is 254 cm³/mol. The van der Waals surface area contributed by atoms with E-state index < -0.39 is 31.4 Å². The van der Waals surface area contributed by atoms with Gasteiger partial charge in [0.2, 0.25) is 5.88 Å². The third-order valence-electron chi connectivity index (χ3n) is 13.3. The number of nitrogens with zero attached hydrogens (tertiary/aromatic N) is 5. The van der Waals surface area contributed by atoms with Gasteiger partial charge in [-0.3, -0.25) is 19.8 Å². The fourth-order valence-corrected chi connectivity index (χ4v) is 10.6. The molecule has 5 aromatic rings. The number of benzene rings is 3. The quantitative estimate of drug-likeness (QED) is 0.0803. The Morgan fingerprint density at radius 3 is 2.52 bits per heavy atom. The summed E-state index contributed by atoms with van der Waals surface area (Å²) in [6, 6.07) is 20.9. The van der Waals surface area contributed by atoms with Gasteiger partial charge >= 0.3 is 0 Å². The smallest absolute Gasteiger partial charge is 0.293 e. The van der Waals surface area contributed by atoms with E-state index in [2.05, 4.69) is 50.8 Å². The number of nitro groups is 1. The molecule has 3 aromatic carbocycles. The number of piperazine rings is 1. The molecule has 4 aliphatic rings. The average molecular weight is 924 g/mol. The number of hydrogen-bond acceptors (Lipinski definition) is 12. The second kappa shape index (κ2) is 18.3. The van der Waals surface area contributed by atoms with Crippen LogP contribution < -0.4 is 24.6 Å². The predicted octanol–water partition coefficient (Wildman–Crippen LogP) is 8.79. The van der Waals surface area contributed by atoms with E-state index >= 15 is 0 Å². The van der Waals surface area contributed by atoms with Crippen LogP contribution in [0.3, 0.4) is 0 Å². The van der Waals surface area contributed by atoms with Crippen LogP contribution >= 0.6 is 11.6 Å². The van der Waals surface area contributed by atoms with Crippen molar-refractivity contribution in [2.75, 3.05) is 74.2 Å². The number of ether oxygens (including phenoxy) is 2. The molecule has 342 valence electrons. The van der Waals surface area contributed by atoms with E-state index in [1.165, 1.54) is 28.8 Å². The van der Waals surface area contributed by atoms with Crippen LogP contribution in [0.4, 0.5) is 28.4 Å². The number of carbonyl (C=O) groups is 1. The molecule has 1 amide bonds. The Morgan fingerprint density at radius 1 is 1.00 bits per heavy atom. The first-order valence-corrected chi connectivity index (χ1v) is 24.2. The maximum absolute atomic E-state index is 14.4. The molecule has 3 aliphatic heterocycles. The van der Waals surface area contributed by atoms with E-state index in [1.807, 2.05) is 48.2 Å². The Bertz CT molecular complexity index is 2750. The summed E-state index contributed by atoms with van der Waals surface area (Å²) in [6.07, 6.45) is 6.65. The number of rotatable bonds is 12. The second-order valence-corrected chi connectivity index (χ2v) is 20.6. The van der Waals surface area contributed by atoms with Crippen LogP contribution in [0.1, 0.15) is 68.8 Å². The summed E-state index contributed by atoms with van der Waals surface area (Å²) in [7, 11) is -4.57. The molecule has 1 atom stereocenters. The van der Waals surface area contributed by atoms with Crippen molar-refractivity contribution in [3.8, 4) is 5.88 Å². The standard InChI is InChI=1S/C48H55ClN8O7S/c1-31-30-64-47-44(24-34-13-17-50-45(34)52-47)56(31)42-25-37(55-20-18-54(19-21-55)29-35-12-16-48(2,3)27-40(35)33-4-6-36(49)7-5-33)8-10-39(42)46(58)53-65(61,62)38-9-11-41(43(26-38)57(59)60)51-28-32-14-22-63-23-15-32/h4-11,13,17,24-26,31-32,51H,12,14-16,18-23,27-30H2,1-3H3,(H,50,52)(H,53,58). The van der Waals surface area contributed by atoms with Gasteiger partial charge in [-0.25, -0.2) is 13.1 Å². The van der Waals surface area contributed by atoms with Crippen molar-refractivity contribution in [2.45, 2.75) is 63.8 Å². The lowest BCUT2D eigenvalue weighted by atomic mass is 9.72. The van der Waals surface area contributed by atoms with Gasteiger partial charge in [-0.2, -0.15) is 4.98 Å². The molecule has 0 spiro atoms. The number of H-pyrrole nitrogens is 1. The zero-order valence-corrected chi connectivity index (χ0v) is 38.5. The summed E-state index contributed by atoms with van der Waals surface area (Å²) in [5.41, 5.74) is 6.91. The molecule has 2 aromatic heterocycles. The highest BCUT2D eigenvalue weighted by atomic mass is 35.5. The average Bonchev–Trinajstić information content (AvgIpc) is 3.76. The van der Waals surface area contributed by atoms with Crippen LogP contribution in [0, 0.1) is 21.4 Å². The lowest BCUT2D eigenvalue weighted by Gasteiger charge is -2.40. The highest BCUT2D eigenvalue weighted by Crippen LogP contribution is 2.45. The Labute approximate surface area is 384 Å². The number of aromatic amines is 1. The molecule has 0 radical (unpaired) electrons. The van der Waals surface area contributed by atoms with Gasteiger partial charge < -0.3 is 29.6 Å². The third kappa shape index (κ3) is 9.67. The molecule has 1 unspecified atom stereocenters. The molecule has 0 saturated carbocycles. The number of aromatic nitrogens is 2. The summed E-state index contributed by atoms with van der Waals surface area (Å²) in [6.45, 7) is 12.7. The molecule has 9 rings (SSSR count). The van der Waals surface area contributed by atoms with E-state index in [-0.39, 0.29) is 35.2 Å². The summed E-state index contributed by atoms with van der Waals surface area (Å²) in [4.78, 5) is 40.2. The van der Waals surface area contributed by atoms with Gasteiger partial charge in [0.25, 0.3) is 21.6 Å². The largest absolute Gasteiger partial charge is 0.474 e. The van der Waals surface area contributed by atoms with E-state index in [0.29, 0.717) is 42.7 Å². The minimum atomic E-state index is -4.57. The molecule has 15 nitrogen and oxygen atoms in total. The Balaban J connectivity index is 0.990. The molecule has 65 heavy (non-hydrogen) atoms. The van der Waals surface area contributed by atoms with E-state index in [4.69, 9.17) is 26.1 Å². The molecule has 5 heterocycles. The van der Waals surface area contributed by atoms with Gasteiger partial charge in [0.15, 0.2) is 0 Å². The van der Waals surface area contributed by atoms with Crippen molar-refractivity contribution in [2.24, 2.45) is 11.3 Å². The number of halogens is 1. The van der Waals surface area contributed by atoms with E-state index in [9.17, 15) is 23.3 Å². The highest BCUT2D eigenvalue weighted by Gasteiger charge is 2.34. The molecule has 1 aliphatic carbocycles. The maximum atomic E-state index is 14.4. The van der Waals surface area contributed by atoms with Crippen molar-refractivity contribution in [1.29, 1.82) is 0 Å². The van der Waals surface area contributed by atoms with Gasteiger partial charge in [0, 0.05) is 80.8 Å². The van der Waals surface area contributed by atoms with Crippen molar-refractivity contribution >= 4 is 72.6 Å². The van der Waals surface area contributed by atoms with E-state index in [1.54, 1.807) is 12.3 Å². The number of amides is 1. The van der Waals surface area contributed by atoms with Crippen molar-refractivity contribution < 1.29 is 27.6 Å². The fraction of sp³-hybridized carbons (Fsp3) is 0.417. The summed E-state index contributed by atoms with van der Waals surface area (Å²) >= 11 is 6.27. The molecular weight excluding hydrogens is 868 g/mol. The summed E-state index contributed by atoms with van der Waals surface area (Å²) in [5.74, 6) is -0.224. The monoisotopic (exact) mass is 922 g/mol. The van der Waals surface area contributed by atoms with Crippen molar-refractivity contribution in [3.63, 3.8) is 0 Å². The first-order valence-electron chi connectivity index (χ1n) is 22.4. The van der Waals surface area contributed by atoms with Crippen LogP contribution in [0.15, 0.2) is 89.5 Å². The second-order valence-electron chi connectivity index (χ2n) is 18.5. The van der Waals surface area contributed by atoms with Crippen LogP contribution in [-0.2, 0) is 14.8 Å². The number of fused-ring (bicyclic) bond motifs is 2. The normalized spacial score (nSPS) is 19.5. The molecule has 17 heteroatoms. The number of anilines is 4. The lowest BCUT2D eigenvalue weighted by Crippen LogP contribution is -2.47. The third-order valence-corrected chi connectivity index (χ3v) is 14.9. The fourth-order valence-electron chi connectivity index (χ4n) is 9.54. The number of nitrogens with one attached hydrogen (secondary N) is 3. The molecule has 2 fully saturated rings. The van der Waals surface area contributed by atoms with Crippen LogP contribution in [0.25, 0.3) is 16.6 Å². The zero-order valence-electron chi connectivity index (χ0n) is 36.9. The van der Waals surface area contributed by atoms with Crippen LogP contribution in [0.5, 0.6) is 5.88 Å². The SMILES string of the molecule is CC1COc2nc3[nH]ccc3cc2N1c1cc(N2CCN(CC3=C(c4ccc(Cl)cc4)CC(C)(C)CC3)CC2)ccc1C(=O)NS(=O)(=O)c1ccc(NCC2CCOCC2)c([N+](=O)[O-])c1. The highest BCUT2D eigenvalue weighted by molar-refractivity contribution is 7.90. The summed E-state index contributed by atoms with van der Waals surface area (Å²) in [5, 5.41) is 16.9. The topological polar surface area (TPSA) is 175 Å². The lowest BCUT2D eigenvalue weighted by molar-refractivity contribution is -0.384. The van der Waals surface area contributed by atoms with Crippen molar-refractivity contribution in [1.82, 2.24) is 19.6 Å². The first-order chi connectivity index (χ1) is 31.2. The number of pyridine rings is 1. The maximum Gasteiger partial charge on any atom is 0.293 e. The van der Waals surface area contributed by atoms with Gasteiger partial charge in [0.1, 0.15) is 23.6 Å². The number of nitro benzene ring substituents is 1. The first kappa shape index (κ1) is 44.5. The number of sulfonamides is 1. The van der Waals surface area contributed by atoms with Gasteiger partial charge in [-0.05, 0) is 116 Å². The number of carbonyl (C=O) groups excluding carboxylic acids is 1. The Kier molecular flexibility index (Phi) is 12.5. The zero-order chi connectivity index (χ0) is 45.5. The van der Waals surface area contributed by atoms with E-state index in [0.717, 1.165) is 87.0 Å². The van der Waals surface area contributed by atoms with Crippen molar-refractivity contribution in [3.05, 3.63) is 111 Å². The van der Waals surface area contributed by atoms with Gasteiger partial charge in [-0.15, -0.1) is 0 Å². The van der Waals surface area contributed by atoms with Gasteiger partial charge in [0.05, 0.1) is 27.1 Å². The molecular formula is C48H55ClN8O7S. The molecule has 0 bridgehead atoms. The molecule has 2 saturated heterocycles. The van der Waals surface area contributed by atoms with Gasteiger partial charge in [-0.1, -0.05) is 43.2 Å². The minimum absolute atomic E-state index is 0.107. The number of allylic oxidation sites excluding steroid dienone is 1. The van der Waals surface area contributed by atoms with Crippen LogP contribution in [-0.4, -0.2) is 99.2 Å².